The van der Waals surface area contributed by atoms with Gasteiger partial charge in [-0.3, -0.25) is 0 Å². The third kappa shape index (κ3) is 2.15. The summed E-state index contributed by atoms with van der Waals surface area (Å²) in [6.45, 7) is 0. The number of benzene rings is 1. The molecule has 2 aromatic rings. The van der Waals surface area contributed by atoms with Gasteiger partial charge in [0.15, 0.2) is 5.13 Å². The number of anilines is 1. The van der Waals surface area contributed by atoms with Gasteiger partial charge in [0.25, 0.3) is 0 Å². The van der Waals surface area contributed by atoms with E-state index in [1.54, 1.807) is 0 Å². The number of aromatic nitrogens is 1. The second-order valence-electron chi connectivity index (χ2n) is 4.20. The van der Waals surface area contributed by atoms with Crippen LogP contribution >= 0.6 is 34.5 Å². The van der Waals surface area contributed by atoms with Gasteiger partial charge in [-0.25, -0.2) is 4.98 Å². The molecule has 0 unspecified atom stereocenters. The molecule has 1 aliphatic carbocycles. The summed E-state index contributed by atoms with van der Waals surface area (Å²) in [7, 11) is 0. The molecular formula is C12H10Cl2N2S. The lowest BCUT2D eigenvalue weighted by Gasteiger charge is -2.08. The van der Waals surface area contributed by atoms with Crippen molar-refractivity contribution in [2.75, 3.05) is 5.73 Å². The van der Waals surface area contributed by atoms with Crippen molar-refractivity contribution in [2.24, 2.45) is 0 Å². The highest BCUT2D eigenvalue weighted by atomic mass is 35.5. The lowest BCUT2D eigenvalue weighted by atomic mass is 10.1. The first-order chi connectivity index (χ1) is 8.15. The van der Waals surface area contributed by atoms with Crippen LogP contribution in [0.2, 0.25) is 10.0 Å². The molecule has 1 fully saturated rings. The summed E-state index contributed by atoms with van der Waals surface area (Å²) in [6, 6.07) is 3.81. The van der Waals surface area contributed by atoms with Gasteiger partial charge < -0.3 is 5.73 Å². The molecule has 0 amide bonds. The van der Waals surface area contributed by atoms with E-state index >= 15 is 0 Å². The first-order valence-corrected chi connectivity index (χ1v) is 6.99. The maximum atomic E-state index is 6.42. The molecule has 88 valence electrons. The van der Waals surface area contributed by atoms with Crippen molar-refractivity contribution < 1.29 is 0 Å². The summed E-state index contributed by atoms with van der Waals surface area (Å²) < 4.78 is 0. The van der Waals surface area contributed by atoms with Gasteiger partial charge in [-0.1, -0.05) is 23.2 Å². The van der Waals surface area contributed by atoms with Gasteiger partial charge >= 0.3 is 0 Å². The number of thiazole rings is 1. The molecular weight excluding hydrogens is 275 g/mol. The van der Waals surface area contributed by atoms with Gasteiger partial charge in [-0.15, -0.1) is 11.3 Å². The summed E-state index contributed by atoms with van der Waals surface area (Å²) in [5.41, 5.74) is 8.48. The van der Waals surface area contributed by atoms with Crippen LogP contribution in [0.4, 0.5) is 5.13 Å². The van der Waals surface area contributed by atoms with Crippen LogP contribution in [0.3, 0.4) is 0 Å². The van der Waals surface area contributed by atoms with E-state index in [2.05, 4.69) is 4.98 Å². The molecule has 3 rings (SSSR count). The summed E-state index contributed by atoms with van der Waals surface area (Å²) >= 11 is 14.0. The Morgan fingerprint density at radius 3 is 2.65 bits per heavy atom. The zero-order valence-electron chi connectivity index (χ0n) is 8.91. The molecule has 1 saturated carbocycles. The minimum atomic E-state index is 0.545. The van der Waals surface area contributed by atoms with E-state index in [0.717, 1.165) is 21.8 Å². The molecule has 17 heavy (non-hydrogen) atoms. The molecule has 2 N–H and O–H groups in total. The van der Waals surface area contributed by atoms with Crippen LogP contribution in [0.15, 0.2) is 17.5 Å². The Hall–Kier alpha value is -0.770. The highest BCUT2D eigenvalue weighted by Crippen LogP contribution is 2.47. The van der Waals surface area contributed by atoms with Crippen LogP contribution in [0.5, 0.6) is 0 Å². The summed E-state index contributed by atoms with van der Waals surface area (Å²) in [5, 5.41) is 3.92. The number of nitrogens with two attached hydrogens (primary N) is 1. The molecule has 0 aliphatic heterocycles. The molecule has 5 heteroatoms. The largest absolute Gasteiger partial charge is 0.375 e. The first kappa shape index (κ1) is 11.3. The van der Waals surface area contributed by atoms with Crippen LogP contribution in [0.1, 0.15) is 24.3 Å². The van der Waals surface area contributed by atoms with Gasteiger partial charge in [0, 0.05) is 16.0 Å². The second-order valence-corrected chi connectivity index (χ2v) is 5.91. The van der Waals surface area contributed by atoms with Crippen molar-refractivity contribution in [3.8, 4) is 11.3 Å². The molecule has 2 nitrogen and oxygen atoms in total. The molecule has 0 atom stereocenters. The van der Waals surface area contributed by atoms with E-state index in [-0.39, 0.29) is 0 Å². The fourth-order valence-corrected chi connectivity index (χ4v) is 3.05. The molecule has 0 saturated heterocycles. The maximum absolute atomic E-state index is 6.42. The van der Waals surface area contributed by atoms with E-state index in [0.29, 0.717) is 16.1 Å². The highest BCUT2D eigenvalue weighted by Gasteiger charge is 2.27. The average molecular weight is 285 g/mol. The van der Waals surface area contributed by atoms with Crippen molar-refractivity contribution in [3.63, 3.8) is 0 Å². The van der Waals surface area contributed by atoms with E-state index in [4.69, 9.17) is 28.9 Å². The normalized spacial score (nSPS) is 15.2. The second kappa shape index (κ2) is 4.16. The van der Waals surface area contributed by atoms with Crippen LogP contribution in [0.25, 0.3) is 11.3 Å². The minimum absolute atomic E-state index is 0.545. The van der Waals surface area contributed by atoms with Crippen molar-refractivity contribution in [3.05, 3.63) is 33.1 Å². The third-order valence-corrected chi connectivity index (χ3v) is 4.19. The van der Waals surface area contributed by atoms with Gasteiger partial charge in [-0.05, 0) is 36.5 Å². The van der Waals surface area contributed by atoms with E-state index in [1.165, 1.54) is 24.2 Å². The quantitative estimate of drug-likeness (QED) is 0.877. The number of nitrogens with zero attached hydrogens (tertiary/aromatic N) is 1. The Labute approximate surface area is 113 Å². The summed E-state index contributed by atoms with van der Waals surface area (Å²) in [6.07, 6.45) is 2.39. The molecule has 0 bridgehead atoms. The smallest absolute Gasteiger partial charge is 0.180 e. The van der Waals surface area contributed by atoms with Gasteiger partial charge in [0.2, 0.25) is 0 Å². The molecule has 1 aromatic heterocycles. The number of rotatable bonds is 2. The lowest BCUT2D eigenvalue weighted by Crippen LogP contribution is -1.89. The maximum Gasteiger partial charge on any atom is 0.180 e. The Morgan fingerprint density at radius 2 is 2.06 bits per heavy atom. The zero-order valence-corrected chi connectivity index (χ0v) is 11.2. The monoisotopic (exact) mass is 284 g/mol. The lowest BCUT2D eigenvalue weighted by molar-refractivity contribution is 1.13. The van der Waals surface area contributed by atoms with Crippen molar-refractivity contribution in [2.45, 2.75) is 18.8 Å². The van der Waals surface area contributed by atoms with Crippen molar-refractivity contribution >= 4 is 39.7 Å². The Balaban J connectivity index is 2.15. The van der Waals surface area contributed by atoms with E-state index < -0.39 is 0 Å². The number of halogens is 2. The number of hydrogen-bond donors (Lipinski definition) is 1. The fraction of sp³-hybridized carbons (Fsp3) is 0.250. The molecule has 0 spiro atoms. The van der Waals surface area contributed by atoms with Crippen LogP contribution in [-0.2, 0) is 0 Å². The topological polar surface area (TPSA) is 38.9 Å². The molecule has 1 heterocycles. The fourth-order valence-electron chi connectivity index (χ4n) is 1.90. The van der Waals surface area contributed by atoms with Gasteiger partial charge in [0.1, 0.15) is 0 Å². The predicted molar refractivity (Wildman–Crippen MR) is 74.0 cm³/mol. The Kier molecular flexibility index (Phi) is 2.77. The van der Waals surface area contributed by atoms with Crippen LogP contribution in [-0.4, -0.2) is 4.98 Å². The zero-order chi connectivity index (χ0) is 12.0. The van der Waals surface area contributed by atoms with E-state index in [9.17, 15) is 0 Å². The SMILES string of the molecule is Nc1nc(-c2cc(Cl)cc(C3CC3)c2Cl)cs1. The van der Waals surface area contributed by atoms with Crippen molar-refractivity contribution in [1.29, 1.82) is 0 Å². The van der Waals surface area contributed by atoms with Crippen LogP contribution in [0, 0.1) is 0 Å². The minimum Gasteiger partial charge on any atom is -0.375 e. The summed E-state index contributed by atoms with van der Waals surface area (Å²) in [4.78, 5) is 4.26. The average Bonchev–Trinajstić information content (AvgIpc) is 3.04. The third-order valence-electron chi connectivity index (χ3n) is 2.88. The van der Waals surface area contributed by atoms with Crippen LogP contribution < -0.4 is 5.73 Å². The van der Waals surface area contributed by atoms with Gasteiger partial charge in [0.05, 0.1) is 10.7 Å². The molecule has 0 radical (unpaired) electrons. The standard InChI is InChI=1S/C12H10Cl2N2S/c13-7-3-8(6-1-2-6)11(14)9(4-7)10-5-17-12(15)16-10/h3-6H,1-2H2,(H2,15,16). The van der Waals surface area contributed by atoms with Crippen molar-refractivity contribution in [1.82, 2.24) is 4.98 Å². The molecule has 1 aliphatic rings. The summed E-state index contributed by atoms with van der Waals surface area (Å²) in [5.74, 6) is 0.566. The van der Waals surface area contributed by atoms with Gasteiger partial charge in [-0.2, -0.15) is 0 Å². The predicted octanol–water partition coefficient (Wildman–Crippen LogP) is 4.58. The Bertz CT molecular complexity index is 576. The van der Waals surface area contributed by atoms with E-state index in [1.807, 2.05) is 17.5 Å². The highest BCUT2D eigenvalue weighted by molar-refractivity contribution is 7.13. The molecule has 1 aromatic carbocycles. The number of nitrogen functional groups attached to an aromatic ring is 1. The first-order valence-electron chi connectivity index (χ1n) is 5.35. The Morgan fingerprint density at radius 1 is 1.29 bits per heavy atom. The number of hydrogen-bond acceptors (Lipinski definition) is 3.